The predicted octanol–water partition coefficient (Wildman–Crippen LogP) is 16.9. The summed E-state index contributed by atoms with van der Waals surface area (Å²) in [4.78, 5) is 13.1. The van der Waals surface area contributed by atoms with E-state index in [1.165, 1.54) is 270 Å². The smallest absolute Gasteiger partial charge is 0.220 e. The number of hydrogen-bond donors (Lipinski definition) is 6. The third-order valence-corrected chi connectivity index (χ3v) is 15.8. The number of unbranched alkanes of at least 4 members (excludes halogenated alkanes) is 45. The summed E-state index contributed by atoms with van der Waals surface area (Å²) >= 11 is 0. The Labute approximate surface area is 458 Å². The summed E-state index contributed by atoms with van der Waals surface area (Å²) in [7, 11) is 0. The quantitative estimate of drug-likeness (QED) is 0.0261. The number of hydrogen-bond acceptors (Lipinski definition) is 8. The maximum absolute atomic E-state index is 13.1. The summed E-state index contributed by atoms with van der Waals surface area (Å²) in [6.45, 7) is 3.82. The van der Waals surface area contributed by atoms with Crippen LogP contribution in [0.2, 0.25) is 0 Å². The minimum Gasteiger partial charge on any atom is -0.394 e. The summed E-state index contributed by atoms with van der Waals surface area (Å²) in [6, 6.07) is -0.805. The first-order valence-corrected chi connectivity index (χ1v) is 32.6. The molecular formula is C65H125NO8. The lowest BCUT2D eigenvalue weighted by Gasteiger charge is -2.40. The third kappa shape index (κ3) is 43.6. The fourth-order valence-electron chi connectivity index (χ4n) is 10.6. The maximum atomic E-state index is 13.1. The second-order valence-corrected chi connectivity index (χ2v) is 22.9. The highest BCUT2D eigenvalue weighted by Crippen LogP contribution is 2.23. The van der Waals surface area contributed by atoms with Gasteiger partial charge in [-0.15, -0.1) is 0 Å². The molecule has 1 saturated heterocycles. The van der Waals surface area contributed by atoms with Gasteiger partial charge in [-0.25, -0.2) is 0 Å². The van der Waals surface area contributed by atoms with Crippen molar-refractivity contribution in [2.75, 3.05) is 13.2 Å². The molecule has 0 bridgehead atoms. The number of aliphatic hydroxyl groups excluding tert-OH is 5. The van der Waals surface area contributed by atoms with Gasteiger partial charge in [0.25, 0.3) is 0 Å². The molecule has 6 N–H and O–H groups in total. The van der Waals surface area contributed by atoms with E-state index in [9.17, 15) is 30.3 Å². The van der Waals surface area contributed by atoms with Crippen LogP contribution in [0.3, 0.4) is 0 Å². The monoisotopic (exact) mass is 1050 g/mol. The van der Waals surface area contributed by atoms with Gasteiger partial charge in [0.05, 0.1) is 25.4 Å². The van der Waals surface area contributed by atoms with Crippen LogP contribution >= 0.6 is 0 Å². The molecule has 438 valence electrons. The molecule has 7 unspecified atom stereocenters. The second-order valence-electron chi connectivity index (χ2n) is 22.9. The minimum atomic E-state index is -1.57. The molecule has 0 aliphatic carbocycles. The Morgan fingerprint density at radius 2 is 0.757 bits per heavy atom. The van der Waals surface area contributed by atoms with Gasteiger partial charge in [-0.2, -0.15) is 0 Å². The molecule has 7 atom stereocenters. The van der Waals surface area contributed by atoms with Crippen LogP contribution in [0, 0.1) is 0 Å². The van der Waals surface area contributed by atoms with Crippen LogP contribution < -0.4 is 5.32 Å². The van der Waals surface area contributed by atoms with Crippen LogP contribution in [0.1, 0.15) is 328 Å². The highest BCUT2D eigenvalue weighted by molar-refractivity contribution is 5.76. The largest absolute Gasteiger partial charge is 0.394 e. The molecule has 0 aromatic heterocycles. The van der Waals surface area contributed by atoms with Gasteiger partial charge in [-0.05, 0) is 44.9 Å². The Morgan fingerprint density at radius 3 is 1.09 bits per heavy atom. The molecule has 1 amide bonds. The van der Waals surface area contributed by atoms with Crippen molar-refractivity contribution in [1.82, 2.24) is 5.32 Å². The van der Waals surface area contributed by atoms with Gasteiger partial charge in [0.1, 0.15) is 24.4 Å². The zero-order valence-corrected chi connectivity index (χ0v) is 48.9. The first-order valence-electron chi connectivity index (χ1n) is 32.6. The Hall–Kier alpha value is -1.33. The topological polar surface area (TPSA) is 149 Å². The van der Waals surface area contributed by atoms with Crippen LogP contribution in [0.25, 0.3) is 0 Å². The molecule has 1 rings (SSSR count). The van der Waals surface area contributed by atoms with Crippen molar-refractivity contribution in [2.45, 2.75) is 371 Å². The molecule has 0 spiro atoms. The van der Waals surface area contributed by atoms with Crippen molar-refractivity contribution in [3.63, 3.8) is 0 Å². The van der Waals surface area contributed by atoms with Crippen molar-refractivity contribution < 1.29 is 39.8 Å². The molecule has 1 aliphatic heterocycles. The Balaban J connectivity index is 2.15. The molecule has 0 aromatic carbocycles. The molecule has 74 heavy (non-hydrogen) atoms. The van der Waals surface area contributed by atoms with Gasteiger partial charge in [0.15, 0.2) is 6.29 Å². The molecule has 0 saturated carbocycles. The van der Waals surface area contributed by atoms with Gasteiger partial charge < -0.3 is 40.3 Å². The lowest BCUT2D eigenvalue weighted by Crippen LogP contribution is -2.60. The highest BCUT2D eigenvalue weighted by atomic mass is 16.7. The SMILES string of the molecule is CCCCCCCCCC/C=C\CCCCCCCCCCCC(=O)NC(COC1OC(CO)C(O)C(O)C1O)C(O)/C=C/CCCCCCCCCCCCCCCCCCCCCCCCCCCCCC. The van der Waals surface area contributed by atoms with Gasteiger partial charge in [-0.3, -0.25) is 4.79 Å². The predicted molar refractivity (Wildman–Crippen MR) is 314 cm³/mol. The van der Waals surface area contributed by atoms with Crippen molar-refractivity contribution in [1.29, 1.82) is 0 Å². The fourth-order valence-corrected chi connectivity index (χ4v) is 10.6. The van der Waals surface area contributed by atoms with E-state index >= 15 is 0 Å². The molecule has 0 radical (unpaired) electrons. The van der Waals surface area contributed by atoms with Crippen molar-refractivity contribution >= 4 is 5.91 Å². The minimum absolute atomic E-state index is 0.174. The van der Waals surface area contributed by atoms with E-state index in [1.807, 2.05) is 6.08 Å². The first-order chi connectivity index (χ1) is 36.3. The number of carbonyl (C=O) groups excluding carboxylic acids is 1. The number of rotatable bonds is 57. The van der Waals surface area contributed by atoms with Crippen LogP contribution in [-0.4, -0.2) is 87.5 Å². The first kappa shape index (κ1) is 70.7. The third-order valence-electron chi connectivity index (χ3n) is 15.8. The average Bonchev–Trinajstić information content (AvgIpc) is 3.40. The van der Waals surface area contributed by atoms with Gasteiger partial charge in [0, 0.05) is 6.42 Å². The molecule has 1 fully saturated rings. The number of allylic oxidation sites excluding steroid dienone is 3. The zero-order chi connectivity index (χ0) is 53.6. The fraction of sp³-hybridized carbons (Fsp3) is 0.923. The van der Waals surface area contributed by atoms with Crippen LogP contribution in [-0.2, 0) is 14.3 Å². The van der Waals surface area contributed by atoms with Crippen molar-refractivity contribution in [2.24, 2.45) is 0 Å². The molecule has 0 aromatic rings. The van der Waals surface area contributed by atoms with E-state index in [0.29, 0.717) is 6.42 Å². The molecule has 1 heterocycles. The van der Waals surface area contributed by atoms with E-state index in [1.54, 1.807) is 6.08 Å². The van der Waals surface area contributed by atoms with E-state index in [4.69, 9.17) is 9.47 Å². The second kappa shape index (κ2) is 55.0. The maximum Gasteiger partial charge on any atom is 0.220 e. The average molecular weight is 1050 g/mol. The normalized spacial score (nSPS) is 19.0. The molecule has 1 aliphatic rings. The van der Waals surface area contributed by atoms with E-state index < -0.39 is 49.5 Å². The summed E-state index contributed by atoms with van der Waals surface area (Å²) in [5.41, 5.74) is 0. The summed E-state index contributed by atoms with van der Waals surface area (Å²) in [5.74, 6) is -0.174. The van der Waals surface area contributed by atoms with Crippen molar-refractivity contribution in [3.8, 4) is 0 Å². The van der Waals surface area contributed by atoms with Crippen LogP contribution in [0.5, 0.6) is 0 Å². The lowest BCUT2D eigenvalue weighted by molar-refractivity contribution is -0.302. The number of amides is 1. The Morgan fingerprint density at radius 1 is 0.446 bits per heavy atom. The standard InChI is InChI=1S/C65H125NO8/c1-3-5-7-9-11-13-15-17-19-21-23-25-26-27-28-29-30-31-32-33-35-36-38-40-42-44-46-48-50-52-54-59(68)58(57-73-65-64(72)63(71)62(70)60(56-67)74-65)66-61(69)55-53-51-49-47-45-43-41-39-37-34-24-22-20-18-16-14-12-10-8-6-4-2/h22,24,52,54,58-60,62-65,67-68,70-72H,3-21,23,25-51,53,55-57H2,1-2H3,(H,66,69)/b24-22-,54-52+. The zero-order valence-electron chi connectivity index (χ0n) is 48.9. The number of nitrogens with one attached hydrogen (secondary N) is 1. The van der Waals surface area contributed by atoms with Gasteiger partial charge in [-0.1, -0.05) is 301 Å². The summed E-state index contributed by atoms with van der Waals surface area (Å²) in [6.07, 6.45) is 64.1. The van der Waals surface area contributed by atoms with Crippen molar-refractivity contribution in [3.05, 3.63) is 24.3 Å². The van der Waals surface area contributed by atoms with Crippen LogP contribution in [0.15, 0.2) is 24.3 Å². The Bertz CT molecular complexity index is 1210. The number of carbonyl (C=O) groups is 1. The highest BCUT2D eigenvalue weighted by Gasteiger charge is 2.44. The number of ether oxygens (including phenoxy) is 2. The van der Waals surface area contributed by atoms with E-state index in [2.05, 4.69) is 31.3 Å². The van der Waals surface area contributed by atoms with E-state index in [-0.39, 0.29) is 12.5 Å². The van der Waals surface area contributed by atoms with Gasteiger partial charge in [0.2, 0.25) is 5.91 Å². The summed E-state index contributed by atoms with van der Waals surface area (Å²) < 4.78 is 11.3. The Kier molecular flexibility index (Phi) is 52.5. The summed E-state index contributed by atoms with van der Waals surface area (Å²) in [5, 5.41) is 54.7. The molecular weight excluding hydrogens is 923 g/mol. The molecule has 9 heteroatoms. The van der Waals surface area contributed by atoms with E-state index in [0.717, 1.165) is 38.5 Å². The van der Waals surface area contributed by atoms with Gasteiger partial charge >= 0.3 is 0 Å². The van der Waals surface area contributed by atoms with Crippen LogP contribution in [0.4, 0.5) is 0 Å². The number of aliphatic hydroxyl groups is 5. The lowest BCUT2D eigenvalue weighted by atomic mass is 9.99. The molecule has 9 nitrogen and oxygen atoms in total.